The molecule has 0 aliphatic carbocycles. The number of benzene rings is 2. The maximum atomic E-state index is 14.2. The Morgan fingerprint density at radius 3 is 2.45 bits per heavy atom. The predicted octanol–water partition coefficient (Wildman–Crippen LogP) is 4.46. The Balaban J connectivity index is 1.80. The van der Waals surface area contributed by atoms with Crippen molar-refractivity contribution in [1.29, 1.82) is 0 Å². The van der Waals surface area contributed by atoms with Crippen LogP contribution >= 0.6 is 0 Å². The molecule has 3 aromatic rings. The number of nitrogens with zero attached hydrogens (tertiary/aromatic N) is 2. The summed E-state index contributed by atoms with van der Waals surface area (Å²) in [6, 6.07) is 8.38. The van der Waals surface area contributed by atoms with Crippen LogP contribution in [-0.4, -0.2) is 22.3 Å². The van der Waals surface area contributed by atoms with Crippen molar-refractivity contribution >= 4 is 5.91 Å². The number of hydrogen-bond acceptors (Lipinski definition) is 3. The maximum absolute atomic E-state index is 14.2. The van der Waals surface area contributed by atoms with Crippen LogP contribution in [0.25, 0.3) is 11.3 Å². The second-order valence-electron chi connectivity index (χ2n) is 6.33. The van der Waals surface area contributed by atoms with Gasteiger partial charge in [0.1, 0.15) is 23.1 Å². The molecular weight excluding hydrogens is 390 g/mol. The number of amides is 1. The van der Waals surface area contributed by atoms with E-state index in [-0.39, 0.29) is 22.6 Å². The van der Waals surface area contributed by atoms with Crippen molar-refractivity contribution < 1.29 is 27.1 Å². The van der Waals surface area contributed by atoms with E-state index in [0.717, 1.165) is 12.1 Å². The first-order valence-electron chi connectivity index (χ1n) is 8.59. The lowest BCUT2D eigenvalue weighted by Gasteiger charge is -2.15. The molecule has 1 atom stereocenters. The lowest BCUT2D eigenvalue weighted by atomic mass is 10.1. The topological polar surface area (TPSA) is 56.2 Å². The number of nitrogens with one attached hydrogen (secondary N) is 1. The average molecular weight is 407 g/mol. The molecule has 0 saturated carbocycles. The van der Waals surface area contributed by atoms with Crippen molar-refractivity contribution in [3.8, 4) is 17.0 Å². The minimum Gasteiger partial charge on any atom is -0.435 e. The molecule has 1 unspecified atom stereocenters. The van der Waals surface area contributed by atoms with Crippen LogP contribution in [0.15, 0.2) is 48.7 Å². The maximum Gasteiger partial charge on any atom is 0.387 e. The van der Waals surface area contributed by atoms with Gasteiger partial charge in [0.2, 0.25) is 0 Å². The van der Waals surface area contributed by atoms with Gasteiger partial charge in [0, 0.05) is 24.9 Å². The molecule has 9 heteroatoms. The van der Waals surface area contributed by atoms with Crippen molar-refractivity contribution in [2.45, 2.75) is 19.6 Å². The molecule has 1 N–H and O–H groups in total. The number of aryl methyl sites for hydroxylation is 1. The first-order valence-corrected chi connectivity index (χ1v) is 8.59. The fraction of sp³-hybridized carbons (Fsp3) is 0.200. The van der Waals surface area contributed by atoms with Crippen LogP contribution < -0.4 is 10.1 Å². The van der Waals surface area contributed by atoms with E-state index in [2.05, 4.69) is 15.2 Å². The Labute approximate surface area is 163 Å². The van der Waals surface area contributed by atoms with Gasteiger partial charge in [0.25, 0.3) is 5.91 Å². The van der Waals surface area contributed by atoms with Gasteiger partial charge in [-0.3, -0.25) is 9.48 Å². The number of carbonyl (C=O) groups is 1. The third kappa shape index (κ3) is 4.74. The first kappa shape index (κ1) is 20.4. The van der Waals surface area contributed by atoms with Crippen LogP contribution in [0.5, 0.6) is 5.75 Å². The summed E-state index contributed by atoms with van der Waals surface area (Å²) < 4.78 is 57.5. The fourth-order valence-electron chi connectivity index (χ4n) is 2.83. The van der Waals surface area contributed by atoms with Gasteiger partial charge in [-0.25, -0.2) is 8.78 Å². The summed E-state index contributed by atoms with van der Waals surface area (Å²) in [5.41, 5.74) is 0.842. The zero-order valence-electron chi connectivity index (χ0n) is 15.5. The molecule has 1 aromatic heterocycles. The predicted molar refractivity (Wildman–Crippen MR) is 97.5 cm³/mol. The van der Waals surface area contributed by atoms with Gasteiger partial charge < -0.3 is 10.1 Å². The third-order valence-corrected chi connectivity index (χ3v) is 4.21. The summed E-state index contributed by atoms with van der Waals surface area (Å²) in [6.45, 7) is -1.22. The van der Waals surface area contributed by atoms with Crippen LogP contribution in [0.2, 0.25) is 0 Å². The molecule has 0 aliphatic heterocycles. The van der Waals surface area contributed by atoms with E-state index in [9.17, 15) is 22.4 Å². The van der Waals surface area contributed by atoms with Crippen molar-refractivity contribution in [2.24, 2.45) is 7.05 Å². The smallest absolute Gasteiger partial charge is 0.387 e. The van der Waals surface area contributed by atoms with Gasteiger partial charge in [-0.1, -0.05) is 12.1 Å². The highest BCUT2D eigenvalue weighted by Gasteiger charge is 2.21. The number of rotatable bonds is 6. The molecule has 5 nitrogen and oxygen atoms in total. The summed E-state index contributed by atoms with van der Waals surface area (Å²) in [5.74, 6) is -2.08. The number of carbonyl (C=O) groups excluding carboxylic acids is 1. The van der Waals surface area contributed by atoms with Crippen LogP contribution in [0.3, 0.4) is 0 Å². The molecule has 1 amide bonds. The van der Waals surface area contributed by atoms with Gasteiger partial charge in [-0.2, -0.15) is 13.9 Å². The monoisotopic (exact) mass is 407 g/mol. The van der Waals surface area contributed by atoms with E-state index in [1.165, 1.54) is 29.1 Å². The Kier molecular flexibility index (Phi) is 5.86. The summed E-state index contributed by atoms with van der Waals surface area (Å²) >= 11 is 0. The van der Waals surface area contributed by atoms with E-state index in [1.54, 1.807) is 26.1 Å². The molecule has 0 radical (unpaired) electrons. The molecular formula is C20H17F4N3O2. The number of alkyl halides is 2. The van der Waals surface area contributed by atoms with E-state index >= 15 is 0 Å². The summed E-state index contributed by atoms with van der Waals surface area (Å²) in [6.07, 6.45) is 1.43. The number of aromatic nitrogens is 2. The van der Waals surface area contributed by atoms with Gasteiger partial charge in [0.05, 0.1) is 11.6 Å². The van der Waals surface area contributed by atoms with Gasteiger partial charge in [-0.15, -0.1) is 0 Å². The van der Waals surface area contributed by atoms with Crippen LogP contribution in [0, 0.1) is 11.6 Å². The lowest BCUT2D eigenvalue weighted by molar-refractivity contribution is -0.0498. The number of ether oxygens (including phenoxy) is 1. The standard InChI is InChI=1S/C20H17F4N3O2/c1-11(12-3-6-14(7-4-12)29-20(23)24)25-19(28)16-10-27(2)26-18(16)15-8-5-13(21)9-17(15)22/h3-11,20H,1-2H3,(H,25,28). The molecule has 0 spiro atoms. The van der Waals surface area contributed by atoms with E-state index in [0.29, 0.717) is 5.56 Å². The highest BCUT2D eigenvalue weighted by molar-refractivity contribution is 6.00. The normalized spacial score (nSPS) is 12.1. The minimum absolute atomic E-state index is 0.00157. The lowest BCUT2D eigenvalue weighted by Crippen LogP contribution is -2.26. The molecule has 0 saturated heterocycles. The number of hydrogen-bond donors (Lipinski definition) is 1. The second-order valence-corrected chi connectivity index (χ2v) is 6.33. The van der Waals surface area contributed by atoms with E-state index < -0.39 is 30.2 Å². The Bertz CT molecular complexity index is 1020. The van der Waals surface area contributed by atoms with Crippen LogP contribution in [0.1, 0.15) is 28.9 Å². The fourth-order valence-corrected chi connectivity index (χ4v) is 2.83. The van der Waals surface area contributed by atoms with E-state index in [1.807, 2.05) is 0 Å². The molecule has 0 fully saturated rings. The van der Waals surface area contributed by atoms with Crippen LogP contribution in [-0.2, 0) is 7.05 Å². The van der Waals surface area contributed by atoms with Gasteiger partial charge in [0.15, 0.2) is 0 Å². The molecule has 152 valence electrons. The Morgan fingerprint density at radius 2 is 1.83 bits per heavy atom. The van der Waals surface area contributed by atoms with Gasteiger partial charge >= 0.3 is 6.61 Å². The Morgan fingerprint density at radius 1 is 1.14 bits per heavy atom. The molecule has 1 heterocycles. The highest BCUT2D eigenvalue weighted by atomic mass is 19.3. The average Bonchev–Trinajstić information content (AvgIpc) is 3.03. The van der Waals surface area contributed by atoms with Crippen LogP contribution in [0.4, 0.5) is 17.6 Å². The summed E-state index contributed by atoms with van der Waals surface area (Å²) in [5, 5.41) is 6.87. The Hall–Kier alpha value is -3.36. The van der Waals surface area contributed by atoms with Crippen molar-refractivity contribution in [2.75, 3.05) is 0 Å². The first-order chi connectivity index (χ1) is 13.7. The third-order valence-electron chi connectivity index (χ3n) is 4.21. The van der Waals surface area contributed by atoms with Crippen molar-refractivity contribution in [3.63, 3.8) is 0 Å². The van der Waals surface area contributed by atoms with Gasteiger partial charge in [-0.05, 0) is 36.8 Å². The number of halogens is 4. The van der Waals surface area contributed by atoms with E-state index in [4.69, 9.17) is 0 Å². The molecule has 2 aromatic carbocycles. The zero-order valence-corrected chi connectivity index (χ0v) is 15.5. The molecule has 29 heavy (non-hydrogen) atoms. The largest absolute Gasteiger partial charge is 0.435 e. The molecule has 0 bridgehead atoms. The summed E-state index contributed by atoms with van der Waals surface area (Å²) in [7, 11) is 1.58. The zero-order chi connectivity index (χ0) is 21.1. The van der Waals surface area contributed by atoms with Crippen molar-refractivity contribution in [3.05, 3.63) is 71.4 Å². The molecule has 3 rings (SSSR count). The quantitative estimate of drug-likeness (QED) is 0.614. The summed E-state index contributed by atoms with van der Waals surface area (Å²) in [4.78, 5) is 12.7. The minimum atomic E-state index is -2.92. The highest BCUT2D eigenvalue weighted by Crippen LogP contribution is 2.26. The van der Waals surface area contributed by atoms with Crippen molar-refractivity contribution in [1.82, 2.24) is 15.1 Å². The SMILES string of the molecule is CC(NC(=O)c1cn(C)nc1-c1ccc(F)cc1F)c1ccc(OC(F)F)cc1. The molecule has 0 aliphatic rings. The second kappa shape index (κ2) is 8.34.